The molecule has 1 atom stereocenters. The zero-order valence-electron chi connectivity index (χ0n) is 11.1. The van der Waals surface area contributed by atoms with Crippen LogP contribution < -0.4 is 4.74 Å². The number of rotatable bonds is 4. The fraction of sp³-hybridized carbons (Fsp3) is 0.500. The highest BCUT2D eigenvalue weighted by molar-refractivity contribution is 5.70. The molecule has 18 heavy (non-hydrogen) atoms. The number of hydrogen-bond acceptors (Lipinski definition) is 3. The Balaban J connectivity index is 1.85. The van der Waals surface area contributed by atoms with E-state index in [9.17, 15) is 4.79 Å². The van der Waals surface area contributed by atoms with E-state index in [0.717, 1.165) is 5.75 Å². The van der Waals surface area contributed by atoms with Crippen molar-refractivity contribution in [2.45, 2.75) is 32.9 Å². The molecular weight excluding hydrogens is 230 g/mol. The van der Waals surface area contributed by atoms with Gasteiger partial charge in [-0.3, -0.25) is 0 Å². The number of ether oxygens (including phenoxy) is 2. The SMILES string of the molecule is Cc1ccc(OCC2CN(C(C)C)C(=O)O2)cc1. The maximum atomic E-state index is 11.5. The molecule has 4 heteroatoms. The summed E-state index contributed by atoms with van der Waals surface area (Å²) in [6.45, 7) is 6.98. The van der Waals surface area contributed by atoms with Crippen molar-refractivity contribution in [3.63, 3.8) is 0 Å². The first-order valence-corrected chi connectivity index (χ1v) is 6.23. The Morgan fingerprint density at radius 3 is 2.61 bits per heavy atom. The smallest absolute Gasteiger partial charge is 0.410 e. The van der Waals surface area contributed by atoms with Crippen LogP contribution in [-0.4, -0.2) is 36.3 Å². The van der Waals surface area contributed by atoms with E-state index in [0.29, 0.717) is 13.2 Å². The highest BCUT2D eigenvalue weighted by Crippen LogP contribution is 2.17. The first-order valence-electron chi connectivity index (χ1n) is 6.23. The molecule has 1 aromatic carbocycles. The van der Waals surface area contributed by atoms with Gasteiger partial charge in [0.15, 0.2) is 6.10 Å². The summed E-state index contributed by atoms with van der Waals surface area (Å²) in [4.78, 5) is 13.2. The summed E-state index contributed by atoms with van der Waals surface area (Å²) in [5.41, 5.74) is 1.20. The van der Waals surface area contributed by atoms with Gasteiger partial charge in [0.05, 0.1) is 6.54 Å². The number of benzene rings is 1. The van der Waals surface area contributed by atoms with E-state index in [1.165, 1.54) is 5.56 Å². The van der Waals surface area contributed by atoms with Crippen LogP contribution in [0.2, 0.25) is 0 Å². The van der Waals surface area contributed by atoms with Crippen LogP contribution in [0.4, 0.5) is 4.79 Å². The molecule has 0 spiro atoms. The van der Waals surface area contributed by atoms with Crippen LogP contribution in [0.3, 0.4) is 0 Å². The third-order valence-electron chi connectivity index (χ3n) is 2.98. The molecule has 0 aliphatic carbocycles. The number of carbonyl (C=O) groups excluding carboxylic acids is 1. The molecule has 1 amide bonds. The van der Waals surface area contributed by atoms with Crippen LogP contribution in [0.1, 0.15) is 19.4 Å². The number of hydrogen-bond donors (Lipinski definition) is 0. The van der Waals surface area contributed by atoms with Gasteiger partial charge >= 0.3 is 6.09 Å². The Kier molecular flexibility index (Phi) is 3.75. The summed E-state index contributed by atoms with van der Waals surface area (Å²) < 4.78 is 10.9. The standard InChI is InChI=1S/C14H19NO3/c1-10(2)15-8-13(18-14(15)16)9-17-12-6-4-11(3)5-7-12/h4-7,10,13H,8-9H2,1-3H3. The molecule has 2 rings (SSSR count). The maximum absolute atomic E-state index is 11.5. The molecule has 1 heterocycles. The highest BCUT2D eigenvalue weighted by atomic mass is 16.6. The van der Waals surface area contributed by atoms with Gasteiger partial charge in [-0.25, -0.2) is 4.79 Å². The topological polar surface area (TPSA) is 38.8 Å². The van der Waals surface area contributed by atoms with Gasteiger partial charge in [0.1, 0.15) is 12.4 Å². The van der Waals surface area contributed by atoms with Crippen molar-refractivity contribution < 1.29 is 14.3 Å². The molecule has 1 fully saturated rings. The molecule has 98 valence electrons. The zero-order valence-corrected chi connectivity index (χ0v) is 11.1. The lowest BCUT2D eigenvalue weighted by atomic mass is 10.2. The first kappa shape index (κ1) is 12.7. The fourth-order valence-corrected chi connectivity index (χ4v) is 1.87. The molecule has 0 saturated carbocycles. The number of amides is 1. The number of carbonyl (C=O) groups is 1. The zero-order chi connectivity index (χ0) is 13.1. The molecular formula is C14H19NO3. The van der Waals surface area contributed by atoms with Crippen molar-refractivity contribution in [2.75, 3.05) is 13.2 Å². The van der Waals surface area contributed by atoms with Crippen LogP contribution in [0.25, 0.3) is 0 Å². The average molecular weight is 249 g/mol. The Morgan fingerprint density at radius 2 is 2.06 bits per heavy atom. The van der Waals surface area contributed by atoms with Gasteiger partial charge in [-0.1, -0.05) is 17.7 Å². The minimum Gasteiger partial charge on any atom is -0.490 e. The minimum atomic E-state index is -0.248. The van der Waals surface area contributed by atoms with E-state index in [2.05, 4.69) is 0 Å². The van der Waals surface area contributed by atoms with E-state index < -0.39 is 0 Å². The van der Waals surface area contributed by atoms with Crippen molar-refractivity contribution in [3.05, 3.63) is 29.8 Å². The van der Waals surface area contributed by atoms with E-state index in [-0.39, 0.29) is 18.2 Å². The van der Waals surface area contributed by atoms with Crippen LogP contribution in [0.15, 0.2) is 24.3 Å². The maximum Gasteiger partial charge on any atom is 0.410 e. The number of cyclic esters (lactones) is 1. The van der Waals surface area contributed by atoms with Crippen LogP contribution in [0.5, 0.6) is 5.75 Å². The van der Waals surface area contributed by atoms with Crippen LogP contribution >= 0.6 is 0 Å². The molecule has 1 aromatic rings. The second kappa shape index (κ2) is 5.29. The van der Waals surface area contributed by atoms with Crippen molar-refractivity contribution in [2.24, 2.45) is 0 Å². The minimum absolute atomic E-state index is 0.168. The predicted octanol–water partition coefficient (Wildman–Crippen LogP) is 2.60. The monoisotopic (exact) mass is 249 g/mol. The van der Waals surface area contributed by atoms with Crippen LogP contribution in [-0.2, 0) is 4.74 Å². The van der Waals surface area contributed by atoms with Gasteiger partial charge in [-0.05, 0) is 32.9 Å². The molecule has 1 aliphatic rings. The first-order chi connectivity index (χ1) is 8.56. The highest BCUT2D eigenvalue weighted by Gasteiger charge is 2.33. The lowest BCUT2D eigenvalue weighted by Crippen LogP contribution is -2.32. The summed E-state index contributed by atoms with van der Waals surface area (Å²) in [5.74, 6) is 0.805. The Morgan fingerprint density at radius 1 is 1.39 bits per heavy atom. The molecule has 1 aliphatic heterocycles. The normalized spacial score (nSPS) is 19.2. The molecule has 0 aromatic heterocycles. The molecule has 4 nitrogen and oxygen atoms in total. The van der Waals surface area contributed by atoms with Crippen molar-refractivity contribution in [1.29, 1.82) is 0 Å². The largest absolute Gasteiger partial charge is 0.490 e. The summed E-state index contributed by atoms with van der Waals surface area (Å²) in [6.07, 6.45) is -0.427. The van der Waals surface area contributed by atoms with E-state index in [1.54, 1.807) is 4.90 Å². The van der Waals surface area contributed by atoms with Gasteiger partial charge in [-0.15, -0.1) is 0 Å². The molecule has 0 radical (unpaired) electrons. The van der Waals surface area contributed by atoms with Crippen LogP contribution in [0, 0.1) is 6.92 Å². The van der Waals surface area contributed by atoms with E-state index in [4.69, 9.17) is 9.47 Å². The summed E-state index contributed by atoms with van der Waals surface area (Å²) in [5, 5.41) is 0. The van der Waals surface area contributed by atoms with E-state index in [1.807, 2.05) is 45.0 Å². The third-order valence-corrected chi connectivity index (χ3v) is 2.98. The third kappa shape index (κ3) is 2.94. The summed E-state index contributed by atoms with van der Waals surface area (Å²) >= 11 is 0. The van der Waals surface area contributed by atoms with Crippen molar-refractivity contribution in [3.8, 4) is 5.75 Å². The molecule has 1 unspecified atom stereocenters. The van der Waals surface area contributed by atoms with Gasteiger partial charge in [0.25, 0.3) is 0 Å². The number of nitrogens with zero attached hydrogens (tertiary/aromatic N) is 1. The molecule has 0 bridgehead atoms. The van der Waals surface area contributed by atoms with E-state index >= 15 is 0 Å². The van der Waals surface area contributed by atoms with Crippen molar-refractivity contribution in [1.82, 2.24) is 4.90 Å². The second-order valence-electron chi connectivity index (χ2n) is 4.88. The lowest BCUT2D eigenvalue weighted by Gasteiger charge is -2.16. The Hall–Kier alpha value is -1.71. The Labute approximate surface area is 107 Å². The van der Waals surface area contributed by atoms with Crippen molar-refractivity contribution >= 4 is 6.09 Å². The molecule has 1 saturated heterocycles. The summed E-state index contributed by atoms with van der Waals surface area (Å²) in [7, 11) is 0. The lowest BCUT2D eigenvalue weighted by molar-refractivity contribution is 0.102. The van der Waals surface area contributed by atoms with Gasteiger partial charge < -0.3 is 14.4 Å². The predicted molar refractivity (Wildman–Crippen MR) is 68.8 cm³/mol. The van der Waals surface area contributed by atoms with Gasteiger partial charge in [-0.2, -0.15) is 0 Å². The van der Waals surface area contributed by atoms with Gasteiger partial charge in [0, 0.05) is 6.04 Å². The number of aryl methyl sites for hydroxylation is 1. The Bertz CT molecular complexity index is 414. The van der Waals surface area contributed by atoms with Gasteiger partial charge in [0.2, 0.25) is 0 Å². The summed E-state index contributed by atoms with van der Waals surface area (Å²) in [6, 6.07) is 8.01. The average Bonchev–Trinajstić information content (AvgIpc) is 2.70. The fourth-order valence-electron chi connectivity index (χ4n) is 1.87. The second-order valence-corrected chi connectivity index (χ2v) is 4.88. The molecule has 0 N–H and O–H groups in total. The quantitative estimate of drug-likeness (QED) is 0.823.